The van der Waals surface area contributed by atoms with Crippen molar-refractivity contribution in [1.29, 1.82) is 0 Å². The van der Waals surface area contributed by atoms with Crippen molar-refractivity contribution < 1.29 is 26.6 Å². The molecule has 0 radical (unpaired) electrons. The van der Waals surface area contributed by atoms with Gasteiger partial charge in [-0.05, 0) is 17.2 Å². The van der Waals surface area contributed by atoms with Crippen LogP contribution in [-0.4, -0.2) is 88.4 Å². The first-order valence-corrected chi connectivity index (χ1v) is 16.5. The van der Waals surface area contributed by atoms with E-state index >= 15 is 0 Å². The van der Waals surface area contributed by atoms with Crippen LogP contribution < -0.4 is 14.6 Å². The number of hydrogen-bond acceptors (Lipinski definition) is 6. The van der Waals surface area contributed by atoms with Crippen LogP contribution in [0.1, 0.15) is 18.1 Å². The van der Waals surface area contributed by atoms with Gasteiger partial charge in [0.05, 0.1) is 6.42 Å². The summed E-state index contributed by atoms with van der Waals surface area (Å²) in [6.45, 7) is 8.42. The number of carbonyl (C=O) groups excluding carboxylic acids is 2. The van der Waals surface area contributed by atoms with Crippen molar-refractivity contribution in [2.75, 3.05) is 49.5 Å². The molecule has 2 amide bonds. The molecular weight excluding hydrogens is 575 g/mol. The Morgan fingerprint density at radius 1 is 0.900 bits per heavy atom. The van der Waals surface area contributed by atoms with Crippen LogP contribution >= 0.6 is 0 Å². The molecule has 3 aromatic rings. The van der Waals surface area contributed by atoms with Crippen molar-refractivity contribution in [2.24, 2.45) is 0 Å². The molecule has 2 heterocycles. The minimum atomic E-state index is -5.15. The molecule has 0 aliphatic carbocycles. The zero-order valence-corrected chi connectivity index (χ0v) is 24.3. The van der Waals surface area contributed by atoms with Gasteiger partial charge in [0.15, 0.2) is 0 Å². The Bertz CT molecular complexity index is 1370. The normalized spacial score (nSPS) is 15.8. The number of phenolic OH excluding ortho intramolecular Hbond substituents is 1. The van der Waals surface area contributed by atoms with E-state index in [2.05, 4.69) is 57.6 Å². The fourth-order valence-corrected chi connectivity index (χ4v) is 6.28. The summed E-state index contributed by atoms with van der Waals surface area (Å²) in [6.07, 6.45) is 0.557. The van der Waals surface area contributed by atoms with Gasteiger partial charge in [-0.2, -0.15) is 0 Å². The summed E-state index contributed by atoms with van der Waals surface area (Å²) < 4.78 is 28.4. The van der Waals surface area contributed by atoms with Gasteiger partial charge in [-0.1, -0.05) is 48.5 Å². The Kier molecular flexibility index (Phi) is 9.84. The van der Waals surface area contributed by atoms with E-state index in [0.29, 0.717) is 6.42 Å². The van der Waals surface area contributed by atoms with E-state index < -0.39 is 24.3 Å². The van der Waals surface area contributed by atoms with Crippen LogP contribution in [0.25, 0.3) is 0 Å². The summed E-state index contributed by atoms with van der Waals surface area (Å²) >= 11 is -5.15. The predicted molar refractivity (Wildman–Crippen MR) is 154 cm³/mol. The first-order valence-electron chi connectivity index (χ1n) is 13.1. The van der Waals surface area contributed by atoms with Crippen molar-refractivity contribution in [2.45, 2.75) is 19.9 Å². The molecule has 3 aromatic carbocycles. The summed E-state index contributed by atoms with van der Waals surface area (Å²) in [5.41, 5.74) is 3.89. The first-order chi connectivity index (χ1) is 19.1. The summed E-state index contributed by atoms with van der Waals surface area (Å²) in [6, 6.07) is 22.4. The van der Waals surface area contributed by atoms with Crippen LogP contribution in [0.2, 0.25) is 0 Å². The van der Waals surface area contributed by atoms with Crippen molar-refractivity contribution in [3.8, 4) is 5.75 Å². The maximum atomic E-state index is 12.3. The Labute approximate surface area is 236 Å². The molecule has 2 aliphatic rings. The number of piperazine rings is 1. The molecule has 1 fully saturated rings. The van der Waals surface area contributed by atoms with E-state index in [-0.39, 0.29) is 17.5 Å². The molecule has 4 N–H and O–H groups in total. The molecule has 11 heteroatoms. The quantitative estimate of drug-likeness (QED) is 0.233. The smallest absolute Gasteiger partial charge is 0.231 e. The number of carbonyl (C=O) groups is 2. The van der Waals surface area contributed by atoms with E-state index in [1.54, 1.807) is 0 Å². The van der Waals surface area contributed by atoms with Crippen molar-refractivity contribution in [3.05, 3.63) is 83.9 Å². The maximum absolute atomic E-state index is 12.3. The molecule has 0 spiro atoms. The molecule has 0 unspecified atom stereocenters. The zero-order valence-electron chi connectivity index (χ0n) is 22.4. The second-order valence-corrected chi connectivity index (χ2v) is 13.2. The number of nitrogens with one attached hydrogen (secondary N) is 1. The van der Waals surface area contributed by atoms with Gasteiger partial charge in [-0.25, -0.2) is 0 Å². The fraction of sp³-hybridized carbons (Fsp3) is 0.310. The average Bonchev–Trinajstić information content (AvgIpc) is 3.24. The van der Waals surface area contributed by atoms with Gasteiger partial charge >= 0.3 is 88.1 Å². The summed E-state index contributed by atoms with van der Waals surface area (Å²) in [4.78, 5) is 29.9. The third-order valence-electron chi connectivity index (χ3n) is 6.89. The molecule has 0 bridgehead atoms. The SMILES string of the molecule is CC(=O)Nc1ccc(O)c([As](=O)(O)O)c1.O=C1Cc2ccccc2N1CCN1CCN(Cc2ccccc2)CC1. The minimum Gasteiger partial charge on any atom is -0.311 e. The van der Waals surface area contributed by atoms with Crippen LogP contribution in [0.3, 0.4) is 0 Å². The molecular formula is C29H35AsN4O6. The standard InChI is InChI=1S/C21H25N3O.C8H10AsNO5/c25-21-16-19-8-4-5-9-20(19)24(21)15-14-22-10-12-23(13-11-22)17-18-6-2-1-3-7-18;1-5(11)10-6-2-3-8(12)7(4-6)9(13,14)15/h1-9H,10-17H2;2-4,12H,1H3,(H,10,11)(H2,13,14,15). The molecule has 2 aliphatic heterocycles. The Morgan fingerprint density at radius 3 is 2.23 bits per heavy atom. The van der Waals surface area contributed by atoms with Gasteiger partial charge in [0.25, 0.3) is 0 Å². The first kappa shape index (κ1) is 29.6. The van der Waals surface area contributed by atoms with Crippen LogP contribution in [0.15, 0.2) is 72.8 Å². The van der Waals surface area contributed by atoms with Crippen molar-refractivity contribution >= 4 is 41.7 Å². The number of fused-ring (bicyclic) bond motifs is 1. The largest absolute Gasteiger partial charge is 0.311 e. The van der Waals surface area contributed by atoms with Crippen LogP contribution in [-0.2, 0) is 26.3 Å². The summed E-state index contributed by atoms with van der Waals surface area (Å²) in [5, 5.41) is 11.6. The minimum absolute atomic E-state index is 0.236. The molecule has 10 nitrogen and oxygen atoms in total. The van der Waals surface area contributed by atoms with Gasteiger partial charge in [0, 0.05) is 51.5 Å². The number of phenols is 1. The number of amides is 2. The molecule has 0 atom stereocenters. The fourth-order valence-electron chi connectivity index (χ4n) is 4.85. The number of para-hydroxylation sites is 1. The number of nitrogens with zero attached hydrogens (tertiary/aromatic N) is 3. The van der Waals surface area contributed by atoms with Gasteiger partial charge in [0.2, 0.25) is 5.91 Å². The Balaban J connectivity index is 0.000000212. The Hall–Kier alpha value is -3.40. The van der Waals surface area contributed by atoms with Gasteiger partial charge in [0.1, 0.15) is 0 Å². The molecule has 0 saturated carbocycles. The molecule has 5 rings (SSSR count). The molecule has 212 valence electrons. The van der Waals surface area contributed by atoms with Gasteiger partial charge in [-0.15, -0.1) is 0 Å². The number of aromatic hydroxyl groups is 1. The van der Waals surface area contributed by atoms with E-state index in [9.17, 15) is 18.4 Å². The van der Waals surface area contributed by atoms with E-state index in [0.717, 1.165) is 63.6 Å². The van der Waals surface area contributed by atoms with Crippen molar-refractivity contribution in [3.63, 3.8) is 0 Å². The maximum Gasteiger partial charge on any atom is 0.231 e. The number of anilines is 2. The average molecular weight is 611 g/mol. The van der Waals surface area contributed by atoms with E-state index in [1.807, 2.05) is 17.0 Å². The van der Waals surface area contributed by atoms with Crippen molar-refractivity contribution in [1.82, 2.24) is 9.80 Å². The molecule has 0 aromatic heterocycles. The number of hydrogen-bond donors (Lipinski definition) is 4. The Morgan fingerprint density at radius 2 is 1.55 bits per heavy atom. The summed E-state index contributed by atoms with van der Waals surface area (Å²) in [7, 11) is 0. The van der Waals surface area contributed by atoms with Gasteiger partial charge in [-0.3, -0.25) is 14.6 Å². The topological polar surface area (TPSA) is 134 Å². The molecule has 40 heavy (non-hydrogen) atoms. The van der Waals surface area contributed by atoms with Crippen LogP contribution in [0.4, 0.5) is 11.4 Å². The summed E-state index contributed by atoms with van der Waals surface area (Å²) in [5.74, 6) is -0.592. The molecule has 1 saturated heterocycles. The third-order valence-corrected chi connectivity index (χ3v) is 8.96. The monoisotopic (exact) mass is 610 g/mol. The van der Waals surface area contributed by atoms with Gasteiger partial charge < -0.3 is 4.90 Å². The second-order valence-electron chi connectivity index (χ2n) is 9.88. The predicted octanol–water partition coefficient (Wildman–Crippen LogP) is 1.31. The van der Waals surface area contributed by atoms with E-state index in [1.165, 1.54) is 24.1 Å². The second kappa shape index (κ2) is 13.3. The number of rotatable bonds is 7. The van der Waals surface area contributed by atoms with Crippen LogP contribution in [0.5, 0.6) is 5.75 Å². The van der Waals surface area contributed by atoms with Crippen LogP contribution in [0, 0.1) is 0 Å². The van der Waals surface area contributed by atoms with E-state index in [4.69, 9.17) is 8.19 Å². The number of benzene rings is 3. The zero-order chi connectivity index (χ0) is 28.7. The third kappa shape index (κ3) is 8.06.